The van der Waals surface area contributed by atoms with Crippen molar-refractivity contribution >= 4 is 11.9 Å². The summed E-state index contributed by atoms with van der Waals surface area (Å²) in [6.45, 7) is 3.82. The summed E-state index contributed by atoms with van der Waals surface area (Å²) in [4.78, 5) is 24.0. The summed E-state index contributed by atoms with van der Waals surface area (Å²) in [5.41, 5.74) is 1.11. The summed E-state index contributed by atoms with van der Waals surface area (Å²) in [5, 5.41) is 2.76. The fourth-order valence-corrected chi connectivity index (χ4v) is 2.15. The Balaban J connectivity index is 1.94. The van der Waals surface area contributed by atoms with E-state index in [1.54, 1.807) is 18.2 Å². The number of rotatable bonds is 8. The van der Waals surface area contributed by atoms with Crippen LogP contribution in [0.2, 0.25) is 0 Å². The molecule has 0 heterocycles. The van der Waals surface area contributed by atoms with Crippen molar-refractivity contribution in [3.8, 4) is 5.75 Å². The van der Waals surface area contributed by atoms with Gasteiger partial charge in [-0.15, -0.1) is 0 Å². The number of esters is 1. The van der Waals surface area contributed by atoms with Crippen LogP contribution in [0, 0.1) is 0 Å². The van der Waals surface area contributed by atoms with Gasteiger partial charge in [-0.05, 0) is 31.5 Å². The van der Waals surface area contributed by atoms with Gasteiger partial charge in [-0.1, -0.05) is 43.3 Å². The van der Waals surface area contributed by atoms with Crippen LogP contribution < -0.4 is 10.1 Å². The summed E-state index contributed by atoms with van der Waals surface area (Å²) in [6.07, 6.45) is 0.819. The smallest absolute Gasteiger partial charge is 0.339 e. The lowest BCUT2D eigenvalue weighted by Gasteiger charge is -2.13. The molecule has 132 valence electrons. The Bertz CT molecular complexity index is 700. The topological polar surface area (TPSA) is 64.6 Å². The Morgan fingerprint density at radius 2 is 1.72 bits per heavy atom. The maximum absolute atomic E-state index is 12.3. The Morgan fingerprint density at radius 1 is 1.04 bits per heavy atom. The summed E-state index contributed by atoms with van der Waals surface area (Å²) in [7, 11) is 0. The molecule has 0 spiro atoms. The van der Waals surface area contributed by atoms with Crippen molar-refractivity contribution in [2.45, 2.75) is 32.9 Å². The van der Waals surface area contributed by atoms with Gasteiger partial charge in [-0.2, -0.15) is 0 Å². The van der Waals surface area contributed by atoms with Gasteiger partial charge in [0.05, 0.1) is 5.56 Å². The SMILES string of the molecule is CC[C@@H](C)NC(=O)COC(=O)c1ccccc1COc1ccccc1. The second kappa shape index (κ2) is 9.47. The van der Waals surface area contributed by atoms with Crippen LogP contribution in [0.15, 0.2) is 54.6 Å². The van der Waals surface area contributed by atoms with Gasteiger partial charge in [0.15, 0.2) is 6.61 Å². The first kappa shape index (κ1) is 18.5. The zero-order valence-corrected chi connectivity index (χ0v) is 14.5. The normalized spacial score (nSPS) is 11.4. The van der Waals surface area contributed by atoms with Gasteiger partial charge in [0, 0.05) is 11.6 Å². The zero-order chi connectivity index (χ0) is 18.1. The predicted molar refractivity (Wildman–Crippen MR) is 95.4 cm³/mol. The van der Waals surface area contributed by atoms with E-state index in [0.29, 0.717) is 11.1 Å². The third-order valence-electron chi connectivity index (χ3n) is 3.73. The standard InChI is InChI=1S/C20H23NO4/c1-3-15(2)21-19(22)14-25-20(23)18-12-8-7-9-16(18)13-24-17-10-5-4-6-11-17/h4-12,15H,3,13-14H2,1-2H3,(H,21,22)/t15-/m1/s1. The average Bonchev–Trinajstić information content (AvgIpc) is 2.65. The van der Waals surface area contributed by atoms with Crippen molar-refractivity contribution in [3.63, 3.8) is 0 Å². The maximum atomic E-state index is 12.3. The van der Waals surface area contributed by atoms with Crippen LogP contribution in [0.4, 0.5) is 0 Å². The molecule has 1 amide bonds. The molecule has 0 aliphatic rings. The lowest BCUT2D eigenvalue weighted by Crippen LogP contribution is -2.35. The Morgan fingerprint density at radius 3 is 2.44 bits per heavy atom. The second-order valence-corrected chi connectivity index (χ2v) is 5.71. The van der Waals surface area contributed by atoms with E-state index in [2.05, 4.69) is 5.32 Å². The predicted octanol–water partition coefficient (Wildman–Crippen LogP) is 3.34. The fourth-order valence-electron chi connectivity index (χ4n) is 2.15. The highest BCUT2D eigenvalue weighted by Crippen LogP contribution is 2.15. The minimum absolute atomic E-state index is 0.0535. The molecule has 2 aromatic rings. The number of carbonyl (C=O) groups is 2. The Kier molecular flexibility index (Phi) is 7.01. The Labute approximate surface area is 148 Å². The number of para-hydroxylation sites is 1. The van der Waals surface area contributed by atoms with Crippen LogP contribution in [0.3, 0.4) is 0 Å². The van der Waals surface area contributed by atoms with Crippen LogP contribution >= 0.6 is 0 Å². The van der Waals surface area contributed by atoms with Crippen molar-refractivity contribution < 1.29 is 19.1 Å². The molecule has 0 bridgehead atoms. The first-order valence-electron chi connectivity index (χ1n) is 8.32. The van der Waals surface area contributed by atoms with Crippen LogP contribution in [0.5, 0.6) is 5.75 Å². The third kappa shape index (κ3) is 5.95. The van der Waals surface area contributed by atoms with Gasteiger partial charge >= 0.3 is 5.97 Å². The molecule has 0 radical (unpaired) electrons. The summed E-state index contributed by atoms with van der Waals surface area (Å²) < 4.78 is 10.8. The molecule has 0 saturated carbocycles. The molecule has 1 N–H and O–H groups in total. The minimum Gasteiger partial charge on any atom is -0.489 e. The first-order chi connectivity index (χ1) is 12.1. The first-order valence-corrected chi connectivity index (χ1v) is 8.32. The van der Waals surface area contributed by atoms with Crippen LogP contribution in [-0.4, -0.2) is 24.5 Å². The van der Waals surface area contributed by atoms with E-state index < -0.39 is 5.97 Å². The molecular formula is C20H23NO4. The molecule has 2 aromatic carbocycles. The molecule has 0 aliphatic carbocycles. The molecule has 1 atom stereocenters. The number of nitrogens with one attached hydrogen (secondary N) is 1. The molecule has 0 unspecified atom stereocenters. The second-order valence-electron chi connectivity index (χ2n) is 5.71. The van der Waals surface area contributed by atoms with Gasteiger partial charge in [0.25, 0.3) is 5.91 Å². The van der Waals surface area contributed by atoms with E-state index in [0.717, 1.165) is 12.2 Å². The number of amides is 1. The summed E-state index contributed by atoms with van der Waals surface area (Å²) in [5.74, 6) is -0.120. The van der Waals surface area contributed by atoms with E-state index in [1.165, 1.54) is 0 Å². The molecule has 0 aliphatic heterocycles. The van der Waals surface area contributed by atoms with E-state index >= 15 is 0 Å². The number of carbonyl (C=O) groups excluding carboxylic acids is 2. The lowest BCUT2D eigenvalue weighted by molar-refractivity contribution is -0.124. The minimum atomic E-state index is -0.536. The quantitative estimate of drug-likeness (QED) is 0.748. The monoisotopic (exact) mass is 341 g/mol. The lowest BCUT2D eigenvalue weighted by atomic mass is 10.1. The van der Waals surface area contributed by atoms with E-state index in [1.807, 2.05) is 50.2 Å². The highest BCUT2D eigenvalue weighted by atomic mass is 16.5. The van der Waals surface area contributed by atoms with Crippen LogP contribution in [0.25, 0.3) is 0 Å². The zero-order valence-electron chi connectivity index (χ0n) is 14.5. The number of hydrogen-bond donors (Lipinski definition) is 1. The molecule has 2 rings (SSSR count). The average molecular weight is 341 g/mol. The highest BCUT2D eigenvalue weighted by molar-refractivity contribution is 5.92. The third-order valence-corrected chi connectivity index (χ3v) is 3.73. The van der Waals surface area contributed by atoms with Crippen LogP contribution in [-0.2, 0) is 16.1 Å². The summed E-state index contributed by atoms with van der Waals surface area (Å²) >= 11 is 0. The van der Waals surface area contributed by atoms with Gasteiger partial charge < -0.3 is 14.8 Å². The van der Waals surface area contributed by atoms with Gasteiger partial charge in [-0.3, -0.25) is 4.79 Å². The molecule has 5 nitrogen and oxygen atoms in total. The molecule has 5 heteroatoms. The maximum Gasteiger partial charge on any atom is 0.339 e. The number of hydrogen-bond acceptors (Lipinski definition) is 4. The largest absolute Gasteiger partial charge is 0.489 e. The molecule has 0 saturated heterocycles. The van der Waals surface area contributed by atoms with E-state index in [-0.39, 0.29) is 25.2 Å². The van der Waals surface area contributed by atoms with Gasteiger partial charge in [0.1, 0.15) is 12.4 Å². The number of ether oxygens (including phenoxy) is 2. The highest BCUT2D eigenvalue weighted by Gasteiger charge is 2.15. The molecular weight excluding hydrogens is 318 g/mol. The number of benzene rings is 2. The Hall–Kier alpha value is -2.82. The van der Waals surface area contributed by atoms with Gasteiger partial charge in [-0.25, -0.2) is 4.79 Å². The van der Waals surface area contributed by atoms with Crippen molar-refractivity contribution in [3.05, 3.63) is 65.7 Å². The van der Waals surface area contributed by atoms with Gasteiger partial charge in [0.2, 0.25) is 0 Å². The van der Waals surface area contributed by atoms with Crippen molar-refractivity contribution in [2.24, 2.45) is 0 Å². The van der Waals surface area contributed by atoms with Crippen molar-refractivity contribution in [1.29, 1.82) is 0 Å². The summed E-state index contributed by atoms with van der Waals surface area (Å²) in [6, 6.07) is 16.5. The van der Waals surface area contributed by atoms with Crippen molar-refractivity contribution in [2.75, 3.05) is 6.61 Å². The van der Waals surface area contributed by atoms with E-state index in [9.17, 15) is 9.59 Å². The van der Waals surface area contributed by atoms with E-state index in [4.69, 9.17) is 9.47 Å². The molecule has 0 fully saturated rings. The van der Waals surface area contributed by atoms with Crippen LogP contribution in [0.1, 0.15) is 36.2 Å². The molecule has 0 aromatic heterocycles. The fraction of sp³-hybridized carbons (Fsp3) is 0.300. The van der Waals surface area contributed by atoms with Crippen molar-refractivity contribution in [1.82, 2.24) is 5.32 Å². The molecule has 25 heavy (non-hydrogen) atoms.